The van der Waals surface area contributed by atoms with Crippen LogP contribution in [0.2, 0.25) is 0 Å². The first-order valence-corrected chi connectivity index (χ1v) is 5.03. The topological polar surface area (TPSA) is 51.8 Å². The van der Waals surface area contributed by atoms with Crippen LogP contribution < -0.4 is 5.73 Å². The molecule has 0 bridgehead atoms. The molecule has 0 aliphatic rings. The first kappa shape index (κ1) is 10.1. The van der Waals surface area contributed by atoms with Crippen molar-refractivity contribution < 1.29 is 0 Å². The molecule has 2 aromatic rings. The van der Waals surface area contributed by atoms with E-state index < -0.39 is 0 Å². The van der Waals surface area contributed by atoms with Crippen molar-refractivity contribution in [3.63, 3.8) is 0 Å². The molecule has 0 radical (unpaired) electrons. The number of nitrogens with zero attached hydrogens (tertiary/aromatic N) is 2. The second-order valence-electron chi connectivity index (χ2n) is 4.62. The molecule has 0 spiro atoms. The summed E-state index contributed by atoms with van der Waals surface area (Å²) in [7, 11) is 0. The van der Waals surface area contributed by atoms with Crippen molar-refractivity contribution in [3.8, 4) is 0 Å². The summed E-state index contributed by atoms with van der Waals surface area (Å²) < 4.78 is 0. The average molecular weight is 201 g/mol. The van der Waals surface area contributed by atoms with Gasteiger partial charge in [-0.15, -0.1) is 0 Å². The fourth-order valence-electron chi connectivity index (χ4n) is 1.68. The molecule has 0 saturated carbocycles. The molecule has 3 nitrogen and oxygen atoms in total. The Morgan fingerprint density at radius 1 is 1.13 bits per heavy atom. The standard InChI is InChI=1S/C12H15N3/c1-12(2,13)6-9-3-4-10-7-14-15-8-11(10)5-9/h3-5,7-8H,6,13H2,1-2H3. The smallest absolute Gasteiger partial charge is 0.0574 e. The van der Waals surface area contributed by atoms with E-state index in [0.29, 0.717) is 0 Å². The number of rotatable bonds is 2. The Kier molecular flexibility index (Phi) is 2.40. The van der Waals surface area contributed by atoms with E-state index in [-0.39, 0.29) is 5.54 Å². The highest BCUT2D eigenvalue weighted by Gasteiger charge is 2.11. The van der Waals surface area contributed by atoms with Crippen LogP contribution in [0.25, 0.3) is 10.8 Å². The molecule has 0 aliphatic heterocycles. The quantitative estimate of drug-likeness (QED) is 0.807. The Morgan fingerprint density at radius 2 is 1.80 bits per heavy atom. The van der Waals surface area contributed by atoms with Gasteiger partial charge in [0.25, 0.3) is 0 Å². The Labute approximate surface area is 89.3 Å². The van der Waals surface area contributed by atoms with Gasteiger partial charge in [-0.2, -0.15) is 10.2 Å². The molecule has 1 aromatic carbocycles. The second kappa shape index (κ2) is 3.59. The fraction of sp³-hybridized carbons (Fsp3) is 0.333. The summed E-state index contributed by atoms with van der Waals surface area (Å²) in [4.78, 5) is 0. The molecule has 0 unspecified atom stereocenters. The molecule has 0 amide bonds. The van der Waals surface area contributed by atoms with Gasteiger partial charge < -0.3 is 5.73 Å². The van der Waals surface area contributed by atoms with Crippen LogP contribution in [0, 0.1) is 0 Å². The predicted octanol–water partition coefficient (Wildman–Crippen LogP) is 1.91. The fourth-order valence-corrected chi connectivity index (χ4v) is 1.68. The van der Waals surface area contributed by atoms with E-state index >= 15 is 0 Å². The Morgan fingerprint density at radius 3 is 2.47 bits per heavy atom. The number of nitrogens with two attached hydrogens (primary N) is 1. The van der Waals surface area contributed by atoms with Crippen molar-refractivity contribution in [1.29, 1.82) is 0 Å². The number of benzene rings is 1. The number of aromatic nitrogens is 2. The summed E-state index contributed by atoms with van der Waals surface area (Å²) in [6.45, 7) is 4.06. The molecular formula is C12H15N3. The maximum atomic E-state index is 5.98. The lowest BCUT2D eigenvalue weighted by Crippen LogP contribution is -2.34. The molecule has 0 aliphatic carbocycles. The van der Waals surface area contributed by atoms with Crippen LogP contribution in [0.4, 0.5) is 0 Å². The van der Waals surface area contributed by atoms with Gasteiger partial charge in [-0.25, -0.2) is 0 Å². The highest BCUT2D eigenvalue weighted by atomic mass is 15.1. The third-order valence-corrected chi connectivity index (χ3v) is 2.27. The van der Waals surface area contributed by atoms with Crippen molar-refractivity contribution in [2.75, 3.05) is 0 Å². The zero-order chi connectivity index (χ0) is 10.9. The van der Waals surface area contributed by atoms with Crippen molar-refractivity contribution in [3.05, 3.63) is 36.2 Å². The van der Waals surface area contributed by atoms with Crippen molar-refractivity contribution >= 4 is 10.8 Å². The van der Waals surface area contributed by atoms with Crippen LogP contribution in [0.15, 0.2) is 30.6 Å². The van der Waals surface area contributed by atoms with Gasteiger partial charge in [0.15, 0.2) is 0 Å². The molecule has 1 aromatic heterocycles. The summed E-state index contributed by atoms with van der Waals surface area (Å²) in [6.07, 6.45) is 4.42. The highest BCUT2D eigenvalue weighted by Crippen LogP contribution is 2.16. The maximum absolute atomic E-state index is 5.98. The zero-order valence-corrected chi connectivity index (χ0v) is 9.07. The minimum atomic E-state index is -0.172. The Hall–Kier alpha value is -1.48. The summed E-state index contributed by atoms with van der Waals surface area (Å²) in [5, 5.41) is 9.94. The second-order valence-corrected chi connectivity index (χ2v) is 4.62. The highest BCUT2D eigenvalue weighted by molar-refractivity contribution is 5.81. The van der Waals surface area contributed by atoms with Gasteiger partial charge in [-0.05, 0) is 31.9 Å². The molecule has 2 rings (SSSR count). The van der Waals surface area contributed by atoms with E-state index in [0.717, 1.165) is 17.2 Å². The first-order valence-electron chi connectivity index (χ1n) is 5.03. The summed E-state index contributed by atoms with van der Waals surface area (Å²) >= 11 is 0. The monoisotopic (exact) mass is 201 g/mol. The van der Waals surface area contributed by atoms with Crippen LogP contribution in [0.1, 0.15) is 19.4 Å². The third-order valence-electron chi connectivity index (χ3n) is 2.27. The minimum Gasteiger partial charge on any atom is -0.325 e. The molecule has 78 valence electrons. The lowest BCUT2D eigenvalue weighted by molar-refractivity contribution is 0.517. The molecule has 0 atom stereocenters. The van der Waals surface area contributed by atoms with Gasteiger partial charge in [-0.3, -0.25) is 0 Å². The zero-order valence-electron chi connectivity index (χ0n) is 9.07. The summed E-state index contributed by atoms with van der Waals surface area (Å²) in [5.41, 5.74) is 7.05. The average Bonchev–Trinajstić information content (AvgIpc) is 2.15. The van der Waals surface area contributed by atoms with Gasteiger partial charge in [0, 0.05) is 16.3 Å². The van der Waals surface area contributed by atoms with Gasteiger partial charge in [0.05, 0.1) is 12.4 Å². The van der Waals surface area contributed by atoms with Crippen LogP contribution in [-0.2, 0) is 6.42 Å². The van der Waals surface area contributed by atoms with Crippen LogP contribution >= 0.6 is 0 Å². The maximum Gasteiger partial charge on any atom is 0.0574 e. The third kappa shape index (κ3) is 2.50. The lowest BCUT2D eigenvalue weighted by Gasteiger charge is -2.18. The normalized spacial score (nSPS) is 11.9. The van der Waals surface area contributed by atoms with E-state index in [2.05, 4.69) is 28.4 Å². The summed E-state index contributed by atoms with van der Waals surface area (Å²) in [5.74, 6) is 0. The Balaban J connectivity index is 2.39. The molecule has 2 N–H and O–H groups in total. The van der Waals surface area contributed by atoms with Crippen molar-refractivity contribution in [2.45, 2.75) is 25.8 Å². The van der Waals surface area contributed by atoms with E-state index in [9.17, 15) is 0 Å². The van der Waals surface area contributed by atoms with Crippen LogP contribution in [-0.4, -0.2) is 15.7 Å². The van der Waals surface area contributed by atoms with Crippen LogP contribution in [0.5, 0.6) is 0 Å². The van der Waals surface area contributed by atoms with Crippen molar-refractivity contribution in [1.82, 2.24) is 10.2 Å². The van der Waals surface area contributed by atoms with Gasteiger partial charge >= 0.3 is 0 Å². The van der Waals surface area contributed by atoms with Crippen LogP contribution in [0.3, 0.4) is 0 Å². The number of hydrogen-bond acceptors (Lipinski definition) is 3. The molecule has 0 saturated heterocycles. The Bertz CT molecular complexity index is 471. The van der Waals surface area contributed by atoms with Crippen molar-refractivity contribution in [2.24, 2.45) is 5.73 Å². The molecule has 1 heterocycles. The molecule has 3 heteroatoms. The minimum absolute atomic E-state index is 0.172. The summed E-state index contributed by atoms with van der Waals surface area (Å²) in [6, 6.07) is 6.28. The first-order chi connectivity index (χ1) is 7.04. The SMILES string of the molecule is CC(C)(N)Cc1ccc2cnncc2c1. The van der Waals surface area contributed by atoms with E-state index in [4.69, 9.17) is 5.73 Å². The van der Waals surface area contributed by atoms with E-state index in [1.807, 2.05) is 13.8 Å². The lowest BCUT2D eigenvalue weighted by atomic mass is 9.95. The number of hydrogen-bond donors (Lipinski definition) is 1. The molecule has 15 heavy (non-hydrogen) atoms. The predicted molar refractivity (Wildman–Crippen MR) is 61.5 cm³/mol. The van der Waals surface area contributed by atoms with E-state index in [1.54, 1.807) is 12.4 Å². The molecule has 0 fully saturated rings. The largest absolute Gasteiger partial charge is 0.325 e. The molecular weight excluding hydrogens is 186 g/mol. The number of fused-ring (bicyclic) bond motifs is 1. The van der Waals surface area contributed by atoms with Gasteiger partial charge in [0.2, 0.25) is 0 Å². The van der Waals surface area contributed by atoms with E-state index in [1.165, 1.54) is 5.56 Å². The van der Waals surface area contributed by atoms with Gasteiger partial charge in [-0.1, -0.05) is 12.1 Å². The van der Waals surface area contributed by atoms with Gasteiger partial charge in [0.1, 0.15) is 0 Å².